The molecule has 0 atom stereocenters. The highest BCUT2D eigenvalue weighted by molar-refractivity contribution is 7.17. The first-order chi connectivity index (χ1) is 15.6. The van der Waals surface area contributed by atoms with Crippen LogP contribution in [0.5, 0.6) is 0 Å². The number of hydrogen-bond acceptors (Lipinski definition) is 4. The van der Waals surface area contributed by atoms with E-state index >= 15 is 0 Å². The minimum absolute atomic E-state index is 0.153. The first-order valence-corrected chi connectivity index (χ1v) is 11.4. The summed E-state index contributed by atoms with van der Waals surface area (Å²) in [5.41, 5.74) is 4.09. The number of nitriles is 1. The van der Waals surface area contributed by atoms with Crippen molar-refractivity contribution >= 4 is 34.2 Å². The van der Waals surface area contributed by atoms with Crippen molar-refractivity contribution in [2.45, 2.75) is 32.2 Å². The normalized spacial score (nSPS) is 12.7. The third-order valence-corrected chi connectivity index (χ3v) is 6.61. The molecule has 6 heteroatoms. The minimum atomic E-state index is -0.287. The summed E-state index contributed by atoms with van der Waals surface area (Å²) in [6.45, 7) is 0.441. The van der Waals surface area contributed by atoms with Gasteiger partial charge < -0.3 is 10.6 Å². The summed E-state index contributed by atoms with van der Waals surface area (Å²) < 4.78 is 0. The Morgan fingerprint density at radius 1 is 1.03 bits per heavy atom. The van der Waals surface area contributed by atoms with Gasteiger partial charge in [-0.15, -0.1) is 11.3 Å². The van der Waals surface area contributed by atoms with Gasteiger partial charge in [0, 0.05) is 17.5 Å². The van der Waals surface area contributed by atoms with Gasteiger partial charge in [-0.3, -0.25) is 9.59 Å². The van der Waals surface area contributed by atoms with Crippen LogP contribution in [0.3, 0.4) is 0 Å². The second-order valence-electron chi connectivity index (χ2n) is 7.64. The number of thiophene rings is 1. The number of anilines is 1. The maximum absolute atomic E-state index is 13.1. The summed E-state index contributed by atoms with van der Waals surface area (Å²) in [7, 11) is 0. The third-order valence-electron chi connectivity index (χ3n) is 5.40. The molecular formula is C26H23N3O2S. The summed E-state index contributed by atoms with van der Waals surface area (Å²) in [4.78, 5) is 26.9. The highest BCUT2D eigenvalue weighted by atomic mass is 32.1. The van der Waals surface area contributed by atoms with Gasteiger partial charge in [0.1, 0.15) is 5.00 Å². The molecule has 0 saturated heterocycles. The van der Waals surface area contributed by atoms with Crippen molar-refractivity contribution in [2.24, 2.45) is 0 Å². The van der Waals surface area contributed by atoms with Crippen molar-refractivity contribution < 1.29 is 9.59 Å². The van der Waals surface area contributed by atoms with Gasteiger partial charge in [0.05, 0.1) is 17.2 Å². The molecule has 32 heavy (non-hydrogen) atoms. The van der Waals surface area contributed by atoms with Crippen LogP contribution in [0.15, 0.2) is 60.7 Å². The van der Waals surface area contributed by atoms with Crippen molar-refractivity contribution in [1.82, 2.24) is 5.32 Å². The Hall–Kier alpha value is -3.69. The van der Waals surface area contributed by atoms with Crippen molar-refractivity contribution in [2.75, 3.05) is 5.32 Å². The first kappa shape index (κ1) is 21.5. The molecule has 1 heterocycles. The quantitative estimate of drug-likeness (QED) is 0.523. The van der Waals surface area contributed by atoms with Gasteiger partial charge >= 0.3 is 0 Å². The van der Waals surface area contributed by atoms with Crippen LogP contribution >= 0.6 is 11.3 Å². The Morgan fingerprint density at radius 2 is 1.78 bits per heavy atom. The molecule has 0 saturated carbocycles. The van der Waals surface area contributed by atoms with E-state index in [2.05, 4.69) is 16.7 Å². The first-order valence-electron chi connectivity index (χ1n) is 10.6. The van der Waals surface area contributed by atoms with E-state index in [9.17, 15) is 9.59 Å². The van der Waals surface area contributed by atoms with Gasteiger partial charge in [-0.2, -0.15) is 5.26 Å². The van der Waals surface area contributed by atoms with Gasteiger partial charge in [0.2, 0.25) is 5.91 Å². The molecule has 2 N–H and O–H groups in total. The summed E-state index contributed by atoms with van der Waals surface area (Å²) >= 11 is 1.50. The van der Waals surface area contributed by atoms with Gasteiger partial charge in [-0.1, -0.05) is 42.5 Å². The summed E-state index contributed by atoms with van der Waals surface area (Å²) in [6, 6.07) is 18.8. The highest BCUT2D eigenvalue weighted by Crippen LogP contribution is 2.38. The highest BCUT2D eigenvalue weighted by Gasteiger charge is 2.26. The largest absolute Gasteiger partial charge is 0.348 e. The van der Waals surface area contributed by atoms with Crippen LogP contribution in [-0.4, -0.2) is 11.8 Å². The lowest BCUT2D eigenvalue weighted by molar-refractivity contribution is -0.111. The van der Waals surface area contributed by atoms with E-state index in [1.165, 1.54) is 22.3 Å². The van der Waals surface area contributed by atoms with E-state index in [4.69, 9.17) is 5.26 Å². The average molecular weight is 442 g/mol. The standard InChI is InChI=1S/C26H23N3O2S/c27-16-19-12-10-18(11-13-19)14-15-23(30)29-26-24(21-8-4-5-9-22(21)32-26)25(31)28-17-20-6-2-1-3-7-20/h1-3,6-7,10-15H,4-5,8-9,17H2,(H,28,31)(H,29,30)/b15-14+. The Kier molecular flexibility index (Phi) is 6.78. The van der Waals surface area contributed by atoms with E-state index in [-0.39, 0.29) is 11.8 Å². The molecule has 0 bridgehead atoms. The lowest BCUT2D eigenvalue weighted by Crippen LogP contribution is -2.25. The number of amides is 2. The van der Waals surface area contributed by atoms with Crippen LogP contribution in [0, 0.1) is 11.3 Å². The Bertz CT molecular complexity index is 1190. The Morgan fingerprint density at radius 3 is 2.53 bits per heavy atom. The number of rotatable bonds is 6. The van der Waals surface area contributed by atoms with Crippen molar-refractivity contribution in [3.05, 3.63) is 93.4 Å². The number of benzene rings is 2. The summed E-state index contributed by atoms with van der Waals surface area (Å²) in [5, 5.41) is 15.4. The summed E-state index contributed by atoms with van der Waals surface area (Å²) in [5.74, 6) is -0.440. The van der Waals surface area contributed by atoms with E-state index < -0.39 is 0 Å². The SMILES string of the molecule is N#Cc1ccc(/C=C/C(=O)Nc2sc3c(c2C(=O)NCc2ccccc2)CCCC3)cc1. The number of aryl methyl sites for hydroxylation is 1. The van der Waals surface area contributed by atoms with Crippen LogP contribution in [-0.2, 0) is 24.2 Å². The molecule has 0 radical (unpaired) electrons. The lowest BCUT2D eigenvalue weighted by Gasteiger charge is -2.13. The second kappa shape index (κ2) is 10.1. The zero-order chi connectivity index (χ0) is 22.3. The molecule has 0 spiro atoms. The van der Waals surface area contributed by atoms with Gasteiger partial charge in [0.25, 0.3) is 5.91 Å². The van der Waals surface area contributed by atoms with Crippen LogP contribution in [0.2, 0.25) is 0 Å². The summed E-state index contributed by atoms with van der Waals surface area (Å²) in [6.07, 6.45) is 7.09. The maximum atomic E-state index is 13.1. The van der Waals surface area contributed by atoms with Crippen LogP contribution < -0.4 is 10.6 Å². The Labute approximate surface area is 191 Å². The second-order valence-corrected chi connectivity index (χ2v) is 8.74. The molecule has 1 aliphatic rings. The van der Waals surface area contributed by atoms with Crippen molar-refractivity contribution in [3.8, 4) is 6.07 Å². The fourth-order valence-corrected chi connectivity index (χ4v) is 5.04. The molecule has 160 valence electrons. The number of carbonyl (C=O) groups excluding carboxylic acids is 2. The fourth-order valence-electron chi connectivity index (χ4n) is 3.75. The average Bonchev–Trinajstić information content (AvgIpc) is 3.20. The molecule has 2 amide bonds. The van der Waals surface area contributed by atoms with Crippen LogP contribution in [0.1, 0.15) is 50.3 Å². The molecule has 1 aromatic heterocycles. The monoisotopic (exact) mass is 441 g/mol. The van der Waals surface area contributed by atoms with Gasteiger partial charge in [-0.25, -0.2) is 0 Å². The number of carbonyl (C=O) groups is 2. The predicted molar refractivity (Wildman–Crippen MR) is 127 cm³/mol. The maximum Gasteiger partial charge on any atom is 0.254 e. The zero-order valence-corrected chi connectivity index (χ0v) is 18.4. The number of nitrogens with one attached hydrogen (secondary N) is 2. The fraction of sp³-hybridized carbons (Fsp3) is 0.192. The van der Waals surface area contributed by atoms with Gasteiger partial charge in [-0.05, 0) is 60.6 Å². The van der Waals surface area contributed by atoms with E-state index in [0.29, 0.717) is 22.7 Å². The van der Waals surface area contributed by atoms with Crippen molar-refractivity contribution in [1.29, 1.82) is 5.26 Å². The molecule has 1 aliphatic carbocycles. The zero-order valence-electron chi connectivity index (χ0n) is 17.6. The van der Waals surface area contributed by atoms with Crippen molar-refractivity contribution in [3.63, 3.8) is 0 Å². The minimum Gasteiger partial charge on any atom is -0.348 e. The van der Waals surface area contributed by atoms with Gasteiger partial charge in [0.15, 0.2) is 0 Å². The molecule has 2 aromatic carbocycles. The topological polar surface area (TPSA) is 82.0 Å². The third kappa shape index (κ3) is 5.13. The molecule has 5 nitrogen and oxygen atoms in total. The molecular weight excluding hydrogens is 418 g/mol. The number of fused-ring (bicyclic) bond motifs is 1. The molecule has 0 fully saturated rings. The molecule has 0 unspecified atom stereocenters. The number of hydrogen-bond donors (Lipinski definition) is 2. The Balaban J connectivity index is 1.50. The predicted octanol–water partition coefficient (Wildman–Crippen LogP) is 5.08. The van der Waals surface area contributed by atoms with E-state index in [1.807, 2.05) is 30.3 Å². The molecule has 0 aliphatic heterocycles. The lowest BCUT2D eigenvalue weighted by atomic mass is 9.95. The van der Waals surface area contributed by atoms with Crippen LogP contribution in [0.25, 0.3) is 6.08 Å². The number of nitrogens with zero attached hydrogens (tertiary/aromatic N) is 1. The van der Waals surface area contributed by atoms with E-state index in [1.54, 1.807) is 30.3 Å². The molecule has 3 aromatic rings. The smallest absolute Gasteiger partial charge is 0.254 e. The molecule has 4 rings (SSSR count). The van der Waals surface area contributed by atoms with E-state index in [0.717, 1.165) is 42.4 Å². The van der Waals surface area contributed by atoms with Crippen LogP contribution in [0.4, 0.5) is 5.00 Å².